The Balaban J connectivity index is 2.45. The quantitative estimate of drug-likeness (QED) is 0.763. The first-order chi connectivity index (χ1) is 7.07. The van der Waals surface area contributed by atoms with Crippen LogP contribution in [-0.2, 0) is 10.2 Å². The van der Waals surface area contributed by atoms with Crippen LogP contribution in [0.25, 0.3) is 0 Å². The molecule has 15 heavy (non-hydrogen) atoms. The lowest BCUT2D eigenvalue weighted by molar-refractivity contribution is -0.121. The zero-order valence-electron chi connectivity index (χ0n) is 8.86. The number of carbonyl (C=O) groups excluding carboxylic acids is 1. The number of amides is 1. The maximum atomic E-state index is 11.6. The highest BCUT2D eigenvalue weighted by Gasteiger charge is 2.68. The van der Waals surface area contributed by atoms with Crippen LogP contribution in [0.15, 0.2) is 30.3 Å². The average Bonchev–Trinajstić information content (AvgIpc) is 2.89. The highest BCUT2D eigenvalue weighted by molar-refractivity contribution is 5.92. The van der Waals surface area contributed by atoms with E-state index in [0.29, 0.717) is 6.54 Å². The highest BCUT2D eigenvalue weighted by Crippen LogP contribution is 2.63. The van der Waals surface area contributed by atoms with Crippen molar-refractivity contribution in [1.29, 1.82) is 0 Å². The van der Waals surface area contributed by atoms with Crippen molar-refractivity contribution in [3.63, 3.8) is 0 Å². The molecule has 0 bridgehead atoms. The van der Waals surface area contributed by atoms with Gasteiger partial charge in [-0.05, 0) is 23.9 Å². The summed E-state index contributed by atoms with van der Waals surface area (Å²) in [5, 5.41) is 0. The molecule has 0 heterocycles. The van der Waals surface area contributed by atoms with E-state index in [1.165, 1.54) is 0 Å². The summed E-state index contributed by atoms with van der Waals surface area (Å²) >= 11 is 0. The molecule has 0 spiro atoms. The van der Waals surface area contributed by atoms with E-state index in [2.05, 4.69) is 0 Å². The van der Waals surface area contributed by atoms with Gasteiger partial charge in [-0.1, -0.05) is 37.3 Å². The molecule has 1 amide bonds. The van der Waals surface area contributed by atoms with Crippen LogP contribution in [-0.4, -0.2) is 12.5 Å². The fraction of sp³-hybridized carbons (Fsp3) is 0.417. The van der Waals surface area contributed by atoms with Crippen LogP contribution >= 0.6 is 0 Å². The maximum Gasteiger partial charge on any atom is 0.228 e. The summed E-state index contributed by atoms with van der Waals surface area (Å²) in [7, 11) is 0. The van der Waals surface area contributed by atoms with E-state index in [9.17, 15) is 4.79 Å². The Bertz CT molecular complexity index is 390. The van der Waals surface area contributed by atoms with Gasteiger partial charge in [0.05, 0.1) is 5.41 Å². The number of benzene rings is 1. The molecule has 80 valence electrons. The lowest BCUT2D eigenvalue weighted by Crippen LogP contribution is -2.36. The standard InChI is InChI=1S/C12H16N2O/c1-11(8-13)7-12(11,10(14)15)9-5-3-2-4-6-9/h2-6H,7-8,13H2,1H3,(H2,14,15)/t11-,12-/m1/s1. The molecule has 0 saturated heterocycles. The van der Waals surface area contributed by atoms with Crippen LogP contribution in [0.2, 0.25) is 0 Å². The Kier molecular flexibility index (Phi) is 2.08. The molecule has 1 aliphatic rings. The number of nitrogens with two attached hydrogens (primary N) is 2. The Morgan fingerprint density at radius 3 is 2.40 bits per heavy atom. The molecule has 0 radical (unpaired) electrons. The summed E-state index contributed by atoms with van der Waals surface area (Å²) in [6.07, 6.45) is 0.760. The summed E-state index contributed by atoms with van der Waals surface area (Å²) in [6.45, 7) is 2.51. The van der Waals surface area contributed by atoms with Gasteiger partial charge in [0.1, 0.15) is 0 Å². The Morgan fingerprint density at radius 1 is 1.40 bits per heavy atom. The van der Waals surface area contributed by atoms with Gasteiger partial charge in [-0.3, -0.25) is 4.79 Å². The molecule has 1 aliphatic carbocycles. The predicted octanol–water partition coefficient (Wildman–Crippen LogP) is 0.778. The van der Waals surface area contributed by atoms with E-state index in [1.807, 2.05) is 37.3 Å². The smallest absolute Gasteiger partial charge is 0.228 e. The van der Waals surface area contributed by atoms with E-state index in [4.69, 9.17) is 11.5 Å². The molecular weight excluding hydrogens is 188 g/mol. The Labute approximate surface area is 89.5 Å². The van der Waals surface area contributed by atoms with Crippen LogP contribution in [0.5, 0.6) is 0 Å². The fourth-order valence-electron chi connectivity index (χ4n) is 2.49. The molecule has 3 nitrogen and oxygen atoms in total. The third-order valence-electron chi connectivity index (χ3n) is 3.70. The fourth-order valence-corrected chi connectivity index (χ4v) is 2.49. The van der Waals surface area contributed by atoms with Crippen molar-refractivity contribution in [2.45, 2.75) is 18.8 Å². The first-order valence-corrected chi connectivity index (χ1v) is 5.12. The second kappa shape index (κ2) is 3.07. The van der Waals surface area contributed by atoms with Crippen LogP contribution in [0.4, 0.5) is 0 Å². The SMILES string of the molecule is C[C@]1(CN)C[C@]1(C(N)=O)c1ccccc1. The molecular formula is C12H16N2O. The van der Waals surface area contributed by atoms with Crippen molar-refractivity contribution in [2.24, 2.45) is 16.9 Å². The third kappa shape index (κ3) is 1.20. The molecule has 1 saturated carbocycles. The van der Waals surface area contributed by atoms with Crippen molar-refractivity contribution >= 4 is 5.91 Å². The largest absolute Gasteiger partial charge is 0.369 e. The summed E-state index contributed by atoms with van der Waals surface area (Å²) in [4.78, 5) is 11.6. The number of hydrogen-bond acceptors (Lipinski definition) is 2. The Morgan fingerprint density at radius 2 is 2.00 bits per heavy atom. The van der Waals surface area contributed by atoms with Crippen molar-refractivity contribution < 1.29 is 4.79 Å². The van der Waals surface area contributed by atoms with Crippen LogP contribution in [0.1, 0.15) is 18.9 Å². The molecule has 2 atom stereocenters. The molecule has 0 aromatic heterocycles. The second-order valence-corrected chi connectivity index (χ2v) is 4.58. The van der Waals surface area contributed by atoms with Crippen LogP contribution in [0, 0.1) is 5.41 Å². The summed E-state index contributed by atoms with van der Waals surface area (Å²) in [5.41, 5.74) is 11.5. The van der Waals surface area contributed by atoms with Crippen molar-refractivity contribution in [2.75, 3.05) is 6.54 Å². The molecule has 0 aliphatic heterocycles. The lowest BCUT2D eigenvalue weighted by Gasteiger charge is -2.18. The predicted molar refractivity (Wildman–Crippen MR) is 59.1 cm³/mol. The zero-order valence-corrected chi connectivity index (χ0v) is 8.86. The number of hydrogen-bond donors (Lipinski definition) is 2. The van der Waals surface area contributed by atoms with E-state index in [0.717, 1.165) is 12.0 Å². The van der Waals surface area contributed by atoms with Gasteiger partial charge in [0.25, 0.3) is 0 Å². The van der Waals surface area contributed by atoms with Crippen molar-refractivity contribution in [3.8, 4) is 0 Å². The van der Waals surface area contributed by atoms with Gasteiger partial charge in [-0.25, -0.2) is 0 Å². The third-order valence-corrected chi connectivity index (χ3v) is 3.70. The number of primary amides is 1. The van der Waals surface area contributed by atoms with Gasteiger partial charge in [-0.15, -0.1) is 0 Å². The summed E-state index contributed by atoms with van der Waals surface area (Å²) in [5.74, 6) is -0.262. The van der Waals surface area contributed by atoms with E-state index in [-0.39, 0.29) is 11.3 Å². The van der Waals surface area contributed by atoms with Crippen molar-refractivity contribution in [1.82, 2.24) is 0 Å². The zero-order chi connectivity index (χ0) is 11.1. The molecule has 1 fully saturated rings. The first kappa shape index (κ1) is 10.2. The van der Waals surface area contributed by atoms with E-state index in [1.54, 1.807) is 0 Å². The minimum Gasteiger partial charge on any atom is -0.369 e. The highest BCUT2D eigenvalue weighted by atomic mass is 16.1. The van der Waals surface area contributed by atoms with Gasteiger partial charge in [0, 0.05) is 0 Å². The van der Waals surface area contributed by atoms with Crippen LogP contribution in [0.3, 0.4) is 0 Å². The lowest BCUT2D eigenvalue weighted by atomic mass is 9.86. The van der Waals surface area contributed by atoms with E-state index >= 15 is 0 Å². The first-order valence-electron chi connectivity index (χ1n) is 5.12. The van der Waals surface area contributed by atoms with Crippen molar-refractivity contribution in [3.05, 3.63) is 35.9 Å². The minimum atomic E-state index is -0.539. The summed E-state index contributed by atoms with van der Waals surface area (Å²) < 4.78 is 0. The normalized spacial score (nSPS) is 33.7. The van der Waals surface area contributed by atoms with Gasteiger partial charge in [0.2, 0.25) is 5.91 Å². The maximum absolute atomic E-state index is 11.6. The molecule has 0 unspecified atom stereocenters. The van der Waals surface area contributed by atoms with E-state index < -0.39 is 5.41 Å². The van der Waals surface area contributed by atoms with Gasteiger partial charge < -0.3 is 11.5 Å². The minimum absolute atomic E-state index is 0.166. The molecule has 3 heteroatoms. The summed E-state index contributed by atoms with van der Waals surface area (Å²) in [6, 6.07) is 9.68. The topological polar surface area (TPSA) is 69.1 Å². The molecule has 1 aromatic rings. The van der Waals surface area contributed by atoms with Gasteiger partial charge in [-0.2, -0.15) is 0 Å². The number of rotatable bonds is 3. The van der Waals surface area contributed by atoms with Gasteiger partial charge in [0.15, 0.2) is 0 Å². The van der Waals surface area contributed by atoms with Gasteiger partial charge >= 0.3 is 0 Å². The monoisotopic (exact) mass is 204 g/mol. The average molecular weight is 204 g/mol. The molecule has 4 N–H and O–H groups in total. The second-order valence-electron chi connectivity index (χ2n) is 4.58. The molecule has 2 rings (SSSR count). The van der Waals surface area contributed by atoms with Crippen LogP contribution < -0.4 is 11.5 Å². The Hall–Kier alpha value is -1.35. The number of carbonyl (C=O) groups is 1. The molecule has 1 aromatic carbocycles.